The predicted molar refractivity (Wildman–Crippen MR) is 101 cm³/mol. The van der Waals surface area contributed by atoms with Crippen LogP contribution in [-0.4, -0.2) is 49.2 Å². The first-order valence-electron chi connectivity index (χ1n) is 7.62. The van der Waals surface area contributed by atoms with Crippen LogP contribution in [0.4, 0.5) is 5.69 Å². The first kappa shape index (κ1) is 20.1. The fraction of sp³-hybridized carbons (Fsp3) is 0.235. The smallest absolute Gasteiger partial charge is 0.244 e. The largest absolute Gasteiger partial charge is 0.325 e. The molecule has 26 heavy (non-hydrogen) atoms. The lowest BCUT2D eigenvalue weighted by Crippen LogP contribution is -2.22. The molecule has 2 aromatic rings. The van der Waals surface area contributed by atoms with Gasteiger partial charge >= 0.3 is 0 Å². The fourth-order valence-corrected chi connectivity index (χ4v) is 3.43. The number of carbonyl (C=O) groups excluding carboxylic acids is 2. The van der Waals surface area contributed by atoms with Crippen molar-refractivity contribution in [2.24, 2.45) is 0 Å². The van der Waals surface area contributed by atoms with E-state index in [-0.39, 0.29) is 22.3 Å². The van der Waals surface area contributed by atoms with Gasteiger partial charge in [0.15, 0.2) is 5.78 Å². The third-order valence-electron chi connectivity index (χ3n) is 3.41. The van der Waals surface area contributed by atoms with Crippen LogP contribution in [0.15, 0.2) is 52.5 Å². The van der Waals surface area contributed by atoms with Crippen LogP contribution in [0.2, 0.25) is 0 Å². The number of aromatic nitrogens is 1. The van der Waals surface area contributed by atoms with Gasteiger partial charge in [-0.3, -0.25) is 9.59 Å². The Labute approximate surface area is 156 Å². The molecule has 138 valence electrons. The number of sulfonamides is 1. The summed E-state index contributed by atoms with van der Waals surface area (Å²) in [6.45, 7) is 1.48. The second kappa shape index (κ2) is 8.43. The van der Waals surface area contributed by atoms with Crippen molar-refractivity contribution in [1.29, 1.82) is 0 Å². The van der Waals surface area contributed by atoms with Crippen LogP contribution in [0.3, 0.4) is 0 Å². The maximum absolute atomic E-state index is 12.0. The average Bonchev–Trinajstić information content (AvgIpc) is 2.60. The number of anilines is 1. The summed E-state index contributed by atoms with van der Waals surface area (Å²) in [5.41, 5.74) is 1.18. The van der Waals surface area contributed by atoms with Crippen molar-refractivity contribution < 1.29 is 18.0 Å². The molecule has 0 saturated heterocycles. The highest BCUT2D eigenvalue weighted by Crippen LogP contribution is 2.19. The Kier molecular flexibility index (Phi) is 6.52. The second-order valence-electron chi connectivity index (χ2n) is 5.59. The van der Waals surface area contributed by atoms with E-state index >= 15 is 0 Å². The zero-order valence-corrected chi connectivity index (χ0v) is 16.2. The van der Waals surface area contributed by atoms with Gasteiger partial charge in [-0.05, 0) is 43.3 Å². The maximum Gasteiger partial charge on any atom is 0.244 e. The van der Waals surface area contributed by atoms with Gasteiger partial charge < -0.3 is 5.32 Å². The van der Waals surface area contributed by atoms with E-state index in [1.165, 1.54) is 45.0 Å². The van der Waals surface area contributed by atoms with Crippen molar-refractivity contribution >= 4 is 39.2 Å². The molecule has 1 aromatic carbocycles. The number of amides is 1. The molecule has 0 radical (unpaired) electrons. The van der Waals surface area contributed by atoms with Crippen LogP contribution in [-0.2, 0) is 14.8 Å². The molecule has 0 saturated carbocycles. The van der Waals surface area contributed by atoms with Gasteiger partial charge in [-0.2, -0.15) is 0 Å². The molecule has 0 bridgehead atoms. The molecule has 0 fully saturated rings. The average molecular weight is 393 g/mol. The van der Waals surface area contributed by atoms with Crippen LogP contribution in [0.5, 0.6) is 0 Å². The summed E-state index contributed by atoms with van der Waals surface area (Å²) >= 11 is 1.20. The van der Waals surface area contributed by atoms with Crippen molar-refractivity contribution in [3.63, 3.8) is 0 Å². The Morgan fingerprint density at radius 2 is 1.77 bits per heavy atom. The number of hydrogen-bond donors (Lipinski definition) is 1. The molecule has 1 amide bonds. The maximum atomic E-state index is 12.0. The van der Waals surface area contributed by atoms with E-state index < -0.39 is 10.0 Å². The molecule has 7 nitrogen and oxygen atoms in total. The van der Waals surface area contributed by atoms with Crippen LogP contribution in [0, 0.1) is 0 Å². The monoisotopic (exact) mass is 393 g/mol. The van der Waals surface area contributed by atoms with Crippen molar-refractivity contribution in [2.75, 3.05) is 25.2 Å². The van der Waals surface area contributed by atoms with Crippen LogP contribution in [0.1, 0.15) is 17.3 Å². The number of hydrogen-bond acceptors (Lipinski definition) is 6. The second-order valence-corrected chi connectivity index (χ2v) is 8.74. The Morgan fingerprint density at radius 3 is 2.27 bits per heavy atom. The van der Waals surface area contributed by atoms with Gasteiger partial charge in [-0.15, -0.1) is 0 Å². The van der Waals surface area contributed by atoms with E-state index in [0.29, 0.717) is 16.3 Å². The third kappa shape index (κ3) is 5.13. The van der Waals surface area contributed by atoms with E-state index in [2.05, 4.69) is 10.3 Å². The Hall–Kier alpha value is -2.23. The molecule has 0 unspecified atom stereocenters. The summed E-state index contributed by atoms with van der Waals surface area (Å²) in [4.78, 5) is 27.4. The summed E-state index contributed by atoms with van der Waals surface area (Å²) in [6.07, 6.45) is 1.27. The van der Waals surface area contributed by atoms with E-state index in [4.69, 9.17) is 0 Å². The topological polar surface area (TPSA) is 96.4 Å². The van der Waals surface area contributed by atoms with Gasteiger partial charge in [-0.25, -0.2) is 17.7 Å². The number of thioether (sulfide) groups is 1. The van der Waals surface area contributed by atoms with E-state index in [0.717, 1.165) is 4.31 Å². The molecule has 0 spiro atoms. The van der Waals surface area contributed by atoms with Crippen LogP contribution in [0.25, 0.3) is 0 Å². The van der Waals surface area contributed by atoms with Crippen molar-refractivity contribution in [3.8, 4) is 0 Å². The van der Waals surface area contributed by atoms with E-state index in [1.54, 1.807) is 30.3 Å². The number of nitrogens with zero attached hydrogens (tertiary/aromatic N) is 2. The zero-order chi connectivity index (χ0) is 19.3. The molecule has 9 heteroatoms. The Morgan fingerprint density at radius 1 is 1.12 bits per heavy atom. The standard InChI is InChI=1S/C17H19N3O4S2/c1-12(21)13-4-6-14(7-5-13)19-16(22)11-25-17-9-8-15(10-18-17)26(23,24)20(2)3/h4-10H,11H2,1-3H3,(H,19,22). The minimum absolute atomic E-state index is 0.0377. The van der Waals surface area contributed by atoms with Gasteiger partial charge in [0, 0.05) is 31.5 Å². The van der Waals surface area contributed by atoms with Crippen LogP contribution < -0.4 is 5.32 Å². The highest BCUT2D eigenvalue weighted by atomic mass is 32.2. The van der Waals surface area contributed by atoms with E-state index in [1.807, 2.05) is 0 Å². The third-order valence-corrected chi connectivity index (χ3v) is 6.16. The highest BCUT2D eigenvalue weighted by Gasteiger charge is 2.17. The molecule has 0 aliphatic heterocycles. The van der Waals surface area contributed by atoms with Crippen molar-refractivity contribution in [1.82, 2.24) is 9.29 Å². The zero-order valence-electron chi connectivity index (χ0n) is 14.6. The summed E-state index contributed by atoms with van der Waals surface area (Å²) in [6, 6.07) is 9.66. The Bertz CT molecular complexity index is 893. The first-order chi connectivity index (χ1) is 12.2. The van der Waals surface area contributed by atoms with Crippen LogP contribution >= 0.6 is 11.8 Å². The van der Waals surface area contributed by atoms with Gasteiger partial charge in [0.2, 0.25) is 15.9 Å². The molecule has 0 aliphatic carbocycles. The number of Topliss-reactive ketones (excluding diaryl/α,β-unsaturated/α-hetero) is 1. The summed E-state index contributed by atoms with van der Waals surface area (Å²) in [5, 5.41) is 3.27. The molecule has 1 N–H and O–H groups in total. The Balaban J connectivity index is 1.92. The molecule has 2 rings (SSSR count). The number of rotatable bonds is 7. The lowest BCUT2D eigenvalue weighted by molar-refractivity contribution is -0.113. The lowest BCUT2D eigenvalue weighted by atomic mass is 10.1. The normalized spacial score (nSPS) is 11.4. The number of benzene rings is 1. The summed E-state index contributed by atoms with van der Waals surface area (Å²) in [5.74, 6) is -0.136. The van der Waals surface area contributed by atoms with Crippen molar-refractivity contribution in [2.45, 2.75) is 16.8 Å². The molecule has 0 aliphatic rings. The molecule has 0 atom stereocenters. The SMILES string of the molecule is CC(=O)c1ccc(NC(=O)CSc2ccc(S(=O)(=O)N(C)C)cn2)cc1. The molecular formula is C17H19N3O4S2. The van der Waals surface area contributed by atoms with Gasteiger partial charge in [-0.1, -0.05) is 11.8 Å². The number of nitrogens with one attached hydrogen (secondary N) is 1. The minimum Gasteiger partial charge on any atom is -0.325 e. The van der Waals surface area contributed by atoms with Gasteiger partial charge in [0.1, 0.15) is 4.90 Å². The molecule has 1 heterocycles. The molecule has 1 aromatic heterocycles. The van der Waals surface area contributed by atoms with Gasteiger partial charge in [0.25, 0.3) is 0 Å². The van der Waals surface area contributed by atoms with Gasteiger partial charge in [0.05, 0.1) is 10.8 Å². The summed E-state index contributed by atoms with van der Waals surface area (Å²) < 4.78 is 25.1. The summed E-state index contributed by atoms with van der Waals surface area (Å²) in [7, 11) is -0.618. The van der Waals surface area contributed by atoms with Crippen molar-refractivity contribution in [3.05, 3.63) is 48.2 Å². The quantitative estimate of drug-likeness (QED) is 0.573. The van der Waals surface area contributed by atoms with E-state index in [9.17, 15) is 18.0 Å². The lowest BCUT2D eigenvalue weighted by Gasteiger charge is -2.11. The number of ketones is 1. The minimum atomic E-state index is -3.52. The fourth-order valence-electron chi connectivity index (χ4n) is 1.94. The highest BCUT2D eigenvalue weighted by molar-refractivity contribution is 7.99. The first-order valence-corrected chi connectivity index (χ1v) is 10.0. The molecular weight excluding hydrogens is 374 g/mol. The number of pyridine rings is 1. The number of carbonyl (C=O) groups is 2. The predicted octanol–water partition coefficient (Wildman–Crippen LogP) is 2.27.